The average Bonchev–Trinajstić information content (AvgIpc) is 3.10. The molecule has 0 aliphatic heterocycles. The molecule has 2 aromatic heterocycles. The minimum atomic E-state index is 0.494. The molecule has 0 saturated heterocycles. The molecule has 6 heteroatoms. The van der Waals surface area contributed by atoms with Crippen LogP contribution in [0.15, 0.2) is 36.7 Å². The molecule has 0 amide bonds. The number of benzene rings is 1. The van der Waals surface area contributed by atoms with E-state index in [-0.39, 0.29) is 0 Å². The predicted molar refractivity (Wildman–Crippen MR) is 89.8 cm³/mol. The zero-order valence-electron chi connectivity index (χ0n) is 13.4. The van der Waals surface area contributed by atoms with E-state index in [4.69, 9.17) is 0 Å². The van der Waals surface area contributed by atoms with E-state index in [0.717, 1.165) is 38.1 Å². The van der Waals surface area contributed by atoms with Crippen LogP contribution in [0.1, 0.15) is 37.6 Å². The first-order chi connectivity index (χ1) is 11.3. The summed E-state index contributed by atoms with van der Waals surface area (Å²) in [7, 11) is 0. The molecule has 0 aliphatic carbocycles. The Balaban J connectivity index is 1.40. The molecule has 0 saturated carbocycles. The van der Waals surface area contributed by atoms with Crippen LogP contribution in [-0.4, -0.2) is 31.6 Å². The van der Waals surface area contributed by atoms with Gasteiger partial charge in [-0.2, -0.15) is 5.21 Å². The summed E-state index contributed by atoms with van der Waals surface area (Å²) in [5.74, 6) is 0.802. The lowest BCUT2D eigenvalue weighted by atomic mass is 10.1. The fourth-order valence-corrected chi connectivity index (χ4v) is 2.66. The van der Waals surface area contributed by atoms with Crippen LogP contribution < -0.4 is 5.32 Å². The number of fused-ring (bicyclic) bond motifs is 1. The van der Waals surface area contributed by atoms with Crippen LogP contribution in [0, 0.1) is 0 Å². The summed E-state index contributed by atoms with van der Waals surface area (Å²) in [6, 6.07) is 9.08. The molecule has 0 spiro atoms. The van der Waals surface area contributed by atoms with Crippen molar-refractivity contribution in [1.29, 1.82) is 0 Å². The van der Waals surface area contributed by atoms with Gasteiger partial charge in [-0.3, -0.25) is 4.98 Å². The van der Waals surface area contributed by atoms with Crippen LogP contribution in [0.25, 0.3) is 10.8 Å². The van der Waals surface area contributed by atoms with Gasteiger partial charge in [0.2, 0.25) is 0 Å². The average molecular weight is 310 g/mol. The molecule has 0 bridgehead atoms. The first kappa shape index (κ1) is 15.6. The Hall–Kier alpha value is -2.34. The quantitative estimate of drug-likeness (QED) is 0.625. The number of rotatable bonds is 8. The molecule has 0 radical (unpaired) electrons. The molecular formula is C17H22N6. The van der Waals surface area contributed by atoms with Crippen molar-refractivity contribution in [3.63, 3.8) is 0 Å². The normalized spacial score (nSPS) is 12.6. The Morgan fingerprint density at radius 2 is 2.13 bits per heavy atom. The van der Waals surface area contributed by atoms with E-state index >= 15 is 0 Å². The lowest BCUT2D eigenvalue weighted by molar-refractivity contribution is 0.487. The Bertz CT molecular complexity index is 725. The number of aromatic nitrogens is 5. The van der Waals surface area contributed by atoms with E-state index in [1.165, 1.54) is 16.3 Å². The molecule has 2 heterocycles. The molecule has 0 unspecified atom stereocenters. The highest BCUT2D eigenvalue weighted by Gasteiger charge is 2.04. The van der Waals surface area contributed by atoms with Gasteiger partial charge in [-0.05, 0) is 42.8 Å². The van der Waals surface area contributed by atoms with Crippen molar-refractivity contribution in [2.24, 2.45) is 0 Å². The molecule has 3 rings (SSSR count). The third-order valence-electron chi connectivity index (χ3n) is 4.04. The van der Waals surface area contributed by atoms with Gasteiger partial charge in [-0.15, -0.1) is 10.2 Å². The van der Waals surface area contributed by atoms with Crippen LogP contribution in [0.2, 0.25) is 0 Å². The van der Waals surface area contributed by atoms with Crippen LogP contribution in [0.5, 0.6) is 0 Å². The second-order valence-electron chi connectivity index (χ2n) is 5.91. The number of unbranched alkanes of at least 4 members (excludes halogenated alkanes) is 1. The topological polar surface area (TPSA) is 79.4 Å². The highest BCUT2D eigenvalue weighted by molar-refractivity contribution is 5.81. The monoisotopic (exact) mass is 310 g/mol. The molecule has 120 valence electrons. The number of aryl methyl sites for hydroxylation is 1. The summed E-state index contributed by atoms with van der Waals surface area (Å²) in [6.45, 7) is 3.13. The second-order valence-corrected chi connectivity index (χ2v) is 5.91. The highest BCUT2D eigenvalue weighted by Crippen LogP contribution is 2.14. The van der Waals surface area contributed by atoms with Crippen LogP contribution in [0.3, 0.4) is 0 Å². The van der Waals surface area contributed by atoms with E-state index in [1.54, 1.807) is 0 Å². The maximum absolute atomic E-state index is 4.15. The van der Waals surface area contributed by atoms with Crippen molar-refractivity contribution in [1.82, 2.24) is 30.9 Å². The first-order valence-electron chi connectivity index (χ1n) is 8.09. The Morgan fingerprint density at radius 3 is 3.00 bits per heavy atom. The van der Waals surface area contributed by atoms with Crippen molar-refractivity contribution < 1.29 is 0 Å². The van der Waals surface area contributed by atoms with Gasteiger partial charge in [0.25, 0.3) is 0 Å². The molecule has 2 N–H and O–H groups in total. The summed E-state index contributed by atoms with van der Waals surface area (Å²) in [5, 5.41) is 20.0. The smallest absolute Gasteiger partial charge is 0.174 e. The molecule has 6 nitrogen and oxygen atoms in total. The van der Waals surface area contributed by atoms with E-state index < -0.39 is 0 Å². The standard InChI is InChI=1S/C17H22N6/c1-13(4-2-3-5-17-20-22-23-21-17)19-11-14-6-7-16-12-18-9-8-15(16)10-14/h6-10,12-13,19H,2-5,11H2,1H3,(H,20,21,22,23)/t13-/m1/s1. The Morgan fingerprint density at radius 1 is 1.17 bits per heavy atom. The van der Waals surface area contributed by atoms with Crippen LogP contribution >= 0.6 is 0 Å². The molecule has 1 atom stereocenters. The van der Waals surface area contributed by atoms with E-state index in [2.05, 4.69) is 62.1 Å². The number of pyridine rings is 1. The van der Waals surface area contributed by atoms with Gasteiger partial charge < -0.3 is 5.32 Å². The van der Waals surface area contributed by atoms with Crippen molar-refractivity contribution >= 4 is 10.8 Å². The summed E-state index contributed by atoms with van der Waals surface area (Å²) in [5.41, 5.74) is 1.31. The number of nitrogens with one attached hydrogen (secondary N) is 2. The zero-order valence-corrected chi connectivity index (χ0v) is 13.4. The number of tetrazole rings is 1. The minimum Gasteiger partial charge on any atom is -0.310 e. The fraction of sp³-hybridized carbons (Fsp3) is 0.412. The van der Waals surface area contributed by atoms with Gasteiger partial charge in [-0.25, -0.2) is 0 Å². The lowest BCUT2D eigenvalue weighted by Crippen LogP contribution is -2.25. The molecule has 3 aromatic rings. The molecule has 23 heavy (non-hydrogen) atoms. The summed E-state index contributed by atoms with van der Waals surface area (Å²) < 4.78 is 0. The predicted octanol–water partition coefficient (Wildman–Crippen LogP) is 2.64. The van der Waals surface area contributed by atoms with E-state index in [0.29, 0.717) is 6.04 Å². The van der Waals surface area contributed by atoms with E-state index in [1.807, 2.05) is 12.4 Å². The zero-order chi connectivity index (χ0) is 15.9. The third kappa shape index (κ3) is 4.56. The summed E-state index contributed by atoms with van der Waals surface area (Å²) >= 11 is 0. The summed E-state index contributed by atoms with van der Waals surface area (Å²) in [6.07, 6.45) is 8.03. The maximum atomic E-state index is 4.15. The molecule has 0 fully saturated rings. The molecular weight excluding hydrogens is 288 g/mol. The van der Waals surface area contributed by atoms with Gasteiger partial charge in [0, 0.05) is 36.8 Å². The molecule has 1 aromatic carbocycles. The summed E-state index contributed by atoms with van der Waals surface area (Å²) in [4.78, 5) is 4.15. The number of hydrogen-bond donors (Lipinski definition) is 2. The van der Waals surface area contributed by atoms with Gasteiger partial charge in [-0.1, -0.05) is 23.8 Å². The maximum Gasteiger partial charge on any atom is 0.174 e. The van der Waals surface area contributed by atoms with Crippen molar-refractivity contribution in [3.05, 3.63) is 48.0 Å². The minimum absolute atomic E-state index is 0.494. The van der Waals surface area contributed by atoms with Gasteiger partial charge >= 0.3 is 0 Å². The van der Waals surface area contributed by atoms with E-state index in [9.17, 15) is 0 Å². The SMILES string of the molecule is C[C@H](CCCCc1nn[nH]n1)NCc1ccc2cnccc2c1. The number of H-pyrrole nitrogens is 1. The van der Waals surface area contributed by atoms with Crippen molar-refractivity contribution in [2.45, 2.75) is 45.2 Å². The third-order valence-corrected chi connectivity index (χ3v) is 4.04. The van der Waals surface area contributed by atoms with Crippen LogP contribution in [0.4, 0.5) is 0 Å². The fourth-order valence-electron chi connectivity index (χ4n) is 2.66. The number of hydrogen-bond acceptors (Lipinski definition) is 5. The van der Waals surface area contributed by atoms with Gasteiger partial charge in [0.1, 0.15) is 0 Å². The van der Waals surface area contributed by atoms with Crippen LogP contribution in [-0.2, 0) is 13.0 Å². The van der Waals surface area contributed by atoms with Crippen molar-refractivity contribution in [2.75, 3.05) is 0 Å². The van der Waals surface area contributed by atoms with Gasteiger partial charge in [0.05, 0.1) is 0 Å². The Labute approximate surface area is 135 Å². The second kappa shape index (κ2) is 7.78. The van der Waals surface area contributed by atoms with Crippen molar-refractivity contribution in [3.8, 4) is 0 Å². The lowest BCUT2D eigenvalue weighted by Gasteiger charge is -2.14. The first-order valence-corrected chi connectivity index (χ1v) is 8.09. The largest absolute Gasteiger partial charge is 0.310 e. The number of nitrogens with zero attached hydrogens (tertiary/aromatic N) is 4. The molecule has 0 aliphatic rings. The van der Waals surface area contributed by atoms with Gasteiger partial charge in [0.15, 0.2) is 5.82 Å². The Kier molecular flexibility index (Phi) is 5.26. The highest BCUT2D eigenvalue weighted by atomic mass is 15.5. The number of aromatic amines is 1.